The van der Waals surface area contributed by atoms with E-state index in [2.05, 4.69) is 5.10 Å². The highest BCUT2D eigenvalue weighted by Gasteiger charge is 2.30. The molecule has 1 heterocycles. The van der Waals surface area contributed by atoms with Gasteiger partial charge in [0.1, 0.15) is 0 Å². The van der Waals surface area contributed by atoms with Crippen molar-refractivity contribution < 1.29 is 21.7 Å². The first-order valence-electron chi connectivity index (χ1n) is 7.87. The van der Waals surface area contributed by atoms with E-state index in [-0.39, 0.29) is 14.6 Å². The molecule has 0 amide bonds. The van der Waals surface area contributed by atoms with Gasteiger partial charge in [-0.1, -0.05) is 24.3 Å². The predicted octanol–water partition coefficient (Wildman–Crippen LogP) is 2.00. The van der Waals surface area contributed by atoms with Gasteiger partial charge in [0.05, 0.1) is 9.79 Å². The maximum atomic E-state index is 12.7. The van der Waals surface area contributed by atoms with Gasteiger partial charge in [-0.3, -0.25) is 0 Å². The molecule has 1 aromatic heterocycles. The summed E-state index contributed by atoms with van der Waals surface area (Å²) in [5.41, 5.74) is 1.44. The van der Waals surface area contributed by atoms with Crippen molar-refractivity contribution in [2.45, 2.75) is 33.7 Å². The first-order valence-corrected chi connectivity index (χ1v) is 10.8. The number of aromatic nitrogens is 2. The Kier molecular flexibility index (Phi) is 4.75. The maximum absolute atomic E-state index is 12.7. The van der Waals surface area contributed by atoms with Crippen LogP contribution in [0.1, 0.15) is 11.1 Å². The van der Waals surface area contributed by atoms with E-state index in [1.807, 2.05) is 0 Å². The Bertz CT molecular complexity index is 1240. The zero-order valence-corrected chi connectivity index (χ0v) is 16.2. The summed E-state index contributed by atoms with van der Waals surface area (Å²) in [7, 11) is -8.18. The molecule has 0 fully saturated rings. The fourth-order valence-corrected chi connectivity index (χ4v) is 5.12. The van der Waals surface area contributed by atoms with Crippen LogP contribution in [0, 0.1) is 19.1 Å². The Morgan fingerprint density at radius 2 is 1.30 bits per heavy atom. The number of hydrogen-bond donors (Lipinski definition) is 0. The molecule has 0 aliphatic carbocycles. The molecular formula is C18H16N2O5S2. The molecule has 0 aliphatic rings. The molecule has 0 unspecified atom stereocenters. The Labute approximate surface area is 157 Å². The zero-order valence-electron chi connectivity index (χ0n) is 14.5. The summed E-state index contributed by atoms with van der Waals surface area (Å²) >= 11 is 0. The number of hydrogen-bond acceptors (Lipinski definition) is 6. The topological polar surface area (TPSA) is 108 Å². The van der Waals surface area contributed by atoms with E-state index in [0.717, 1.165) is 17.7 Å². The van der Waals surface area contributed by atoms with Gasteiger partial charge in [0.25, 0.3) is 9.84 Å². The van der Waals surface area contributed by atoms with Crippen molar-refractivity contribution in [3.8, 4) is 0 Å². The Morgan fingerprint density at radius 1 is 0.778 bits per heavy atom. The highest BCUT2D eigenvalue weighted by atomic mass is 32.2. The van der Waals surface area contributed by atoms with Crippen LogP contribution in [0.4, 0.5) is 0 Å². The summed E-state index contributed by atoms with van der Waals surface area (Å²) in [6, 6.07) is 14.2. The second-order valence-corrected chi connectivity index (χ2v) is 9.82. The fourth-order valence-electron chi connectivity index (χ4n) is 2.52. The van der Waals surface area contributed by atoms with Crippen LogP contribution in [0.15, 0.2) is 80.5 Å². The summed E-state index contributed by atoms with van der Waals surface area (Å²) in [6.07, 6.45) is 0. The van der Waals surface area contributed by atoms with Gasteiger partial charge in [-0.15, -0.1) is 0 Å². The van der Waals surface area contributed by atoms with E-state index in [1.165, 1.54) is 24.3 Å². The molecule has 3 rings (SSSR count). The summed E-state index contributed by atoms with van der Waals surface area (Å²) in [5.74, 6) is 0. The van der Waals surface area contributed by atoms with Gasteiger partial charge in [-0.25, -0.2) is 16.8 Å². The molecule has 0 atom stereocenters. The van der Waals surface area contributed by atoms with Crippen LogP contribution in [0.3, 0.4) is 0 Å². The van der Waals surface area contributed by atoms with E-state index in [1.54, 1.807) is 38.1 Å². The number of sulfone groups is 2. The van der Waals surface area contributed by atoms with Gasteiger partial charge < -0.3 is 5.21 Å². The van der Waals surface area contributed by atoms with Gasteiger partial charge in [-0.05, 0) is 60.2 Å². The third-order valence-electron chi connectivity index (χ3n) is 3.90. The second kappa shape index (κ2) is 6.75. The molecule has 0 spiro atoms. The number of nitrogens with zero attached hydrogens (tertiary/aromatic N) is 2. The lowest BCUT2D eigenvalue weighted by atomic mass is 10.2. The molecule has 0 aliphatic heterocycles. The van der Waals surface area contributed by atoms with Gasteiger partial charge >= 0.3 is 5.03 Å². The minimum Gasteiger partial charge on any atom is -0.593 e. The van der Waals surface area contributed by atoms with Crippen LogP contribution < -0.4 is 4.85 Å². The molecule has 9 heteroatoms. The molecule has 0 bridgehead atoms. The van der Waals surface area contributed by atoms with Crippen LogP contribution in [0.2, 0.25) is 0 Å². The van der Waals surface area contributed by atoms with Crippen molar-refractivity contribution in [1.29, 1.82) is 0 Å². The normalized spacial score (nSPS) is 12.1. The van der Waals surface area contributed by atoms with Crippen molar-refractivity contribution in [3.05, 3.63) is 77.0 Å². The molecule has 0 N–H and O–H groups in total. The predicted molar refractivity (Wildman–Crippen MR) is 96.5 cm³/mol. The van der Waals surface area contributed by atoms with E-state index < -0.39 is 29.7 Å². The SMILES string of the molecule is Cc1cccc(S(=O)(=O)c2ccc(S(=O)(=O)c3cccc(C)c3)[n+]([O-])n2)c1. The van der Waals surface area contributed by atoms with Gasteiger partial charge in [-0.2, -0.15) is 0 Å². The summed E-state index contributed by atoms with van der Waals surface area (Å²) < 4.78 is 50.6. The molecule has 2 aromatic carbocycles. The summed E-state index contributed by atoms with van der Waals surface area (Å²) in [5, 5.41) is 14.5. The third-order valence-corrected chi connectivity index (χ3v) is 7.26. The lowest BCUT2D eigenvalue weighted by molar-refractivity contribution is -0.711. The van der Waals surface area contributed by atoms with E-state index in [0.29, 0.717) is 5.56 Å². The lowest BCUT2D eigenvalue weighted by Gasteiger charge is -2.07. The minimum absolute atomic E-state index is 0.0238. The quantitative estimate of drug-likeness (QED) is 0.486. The van der Waals surface area contributed by atoms with Crippen LogP contribution >= 0.6 is 0 Å². The van der Waals surface area contributed by atoms with Gasteiger partial charge in [0.2, 0.25) is 14.9 Å². The molecule has 3 aromatic rings. The van der Waals surface area contributed by atoms with Gasteiger partial charge in [0, 0.05) is 11.2 Å². The van der Waals surface area contributed by atoms with E-state index in [9.17, 15) is 22.0 Å². The van der Waals surface area contributed by atoms with E-state index >= 15 is 0 Å². The average molecular weight is 404 g/mol. The molecule has 27 heavy (non-hydrogen) atoms. The molecule has 0 saturated carbocycles. The first-order chi connectivity index (χ1) is 12.6. The Morgan fingerprint density at radius 3 is 1.78 bits per heavy atom. The van der Waals surface area contributed by atoms with Crippen LogP contribution in [-0.4, -0.2) is 21.9 Å². The summed E-state index contributed by atoms with van der Waals surface area (Å²) in [6.45, 7) is 3.46. The van der Waals surface area contributed by atoms with Crippen molar-refractivity contribution in [1.82, 2.24) is 5.10 Å². The van der Waals surface area contributed by atoms with Crippen molar-refractivity contribution in [3.63, 3.8) is 0 Å². The van der Waals surface area contributed by atoms with Crippen LogP contribution in [0.25, 0.3) is 0 Å². The van der Waals surface area contributed by atoms with Crippen molar-refractivity contribution in [2.24, 2.45) is 0 Å². The lowest BCUT2D eigenvalue weighted by Crippen LogP contribution is -2.39. The molecule has 0 radical (unpaired) electrons. The second-order valence-electron chi connectivity index (χ2n) is 6.02. The number of rotatable bonds is 4. The monoisotopic (exact) mass is 404 g/mol. The smallest absolute Gasteiger partial charge is 0.339 e. The highest BCUT2D eigenvalue weighted by Crippen LogP contribution is 2.22. The number of aryl methyl sites for hydroxylation is 2. The Balaban J connectivity index is 2.09. The zero-order chi connectivity index (χ0) is 19.8. The molecular weight excluding hydrogens is 388 g/mol. The van der Waals surface area contributed by atoms with Crippen molar-refractivity contribution in [2.75, 3.05) is 0 Å². The maximum Gasteiger partial charge on any atom is 0.339 e. The first kappa shape index (κ1) is 19.0. The third kappa shape index (κ3) is 3.56. The Hall–Kier alpha value is -2.78. The average Bonchev–Trinajstić information content (AvgIpc) is 2.61. The largest absolute Gasteiger partial charge is 0.593 e. The van der Waals surface area contributed by atoms with Gasteiger partial charge in [0.15, 0.2) is 0 Å². The fraction of sp³-hybridized carbons (Fsp3) is 0.111. The molecule has 0 saturated heterocycles. The highest BCUT2D eigenvalue weighted by molar-refractivity contribution is 7.91. The van der Waals surface area contributed by atoms with Crippen LogP contribution in [-0.2, 0) is 19.7 Å². The standard InChI is InChI=1S/C18H16N2O5S2/c1-13-5-3-7-15(11-13)26(22,23)17-9-10-18(20(21)19-17)27(24,25)16-8-4-6-14(2)12-16/h3-12H,1-2H3. The minimum atomic E-state index is -4.13. The van der Waals surface area contributed by atoms with Crippen molar-refractivity contribution >= 4 is 19.7 Å². The van der Waals surface area contributed by atoms with Crippen LogP contribution in [0.5, 0.6) is 0 Å². The molecule has 140 valence electrons. The number of benzene rings is 2. The molecule has 7 nitrogen and oxygen atoms in total. The summed E-state index contributed by atoms with van der Waals surface area (Å²) in [4.78, 5) is -0.257. The van der Waals surface area contributed by atoms with E-state index in [4.69, 9.17) is 0 Å².